The number of rotatable bonds is 8. The quantitative estimate of drug-likeness (QED) is 0.149. The zero-order chi connectivity index (χ0) is 40.8. The van der Waals surface area contributed by atoms with Crippen molar-refractivity contribution in [2.75, 3.05) is 4.90 Å². The Labute approximate surface area is 358 Å². The van der Waals surface area contributed by atoms with Gasteiger partial charge in [0.25, 0.3) is 0 Å². The van der Waals surface area contributed by atoms with Gasteiger partial charge >= 0.3 is 0 Å². The lowest BCUT2D eigenvalue weighted by Crippen LogP contribution is -2.22. The SMILES string of the molecule is CC1(c2ccccc2)c2ccccc2-c2c(N(c3cccc(-c4cccc(-c5ccccc5)c4)c3)c3ccccc3-c3ccc(-c4cccc5ccccc45)cc3)cccc21. The van der Waals surface area contributed by atoms with Gasteiger partial charge in [0.2, 0.25) is 0 Å². The van der Waals surface area contributed by atoms with Crippen LogP contribution in [0.25, 0.3) is 66.4 Å². The standard InChI is InChI=1S/C60H43N/c1-60(49-25-6-3-7-26-49)55-32-12-10-30-54(55)59-56(60)33-17-35-58(59)61(50-27-15-24-48(41-50)47-23-14-22-46(40-47)42-18-4-2-5-19-42)57-34-13-11-29-53(57)45-38-36-44(37-39-45)52-31-16-21-43-20-8-9-28-51(43)52/h2-41H,1H3. The fraction of sp³-hybridized carbons (Fsp3) is 0.0333. The maximum Gasteiger partial charge on any atom is 0.0543 e. The fourth-order valence-corrected chi connectivity index (χ4v) is 9.75. The van der Waals surface area contributed by atoms with Crippen LogP contribution in [0, 0.1) is 0 Å². The molecule has 0 fully saturated rings. The molecule has 1 aliphatic carbocycles. The van der Waals surface area contributed by atoms with E-state index in [-0.39, 0.29) is 5.41 Å². The van der Waals surface area contributed by atoms with Gasteiger partial charge in [-0.3, -0.25) is 0 Å². The predicted molar refractivity (Wildman–Crippen MR) is 258 cm³/mol. The van der Waals surface area contributed by atoms with E-state index in [1.165, 1.54) is 77.5 Å². The van der Waals surface area contributed by atoms with Crippen molar-refractivity contribution in [1.29, 1.82) is 0 Å². The molecule has 0 spiro atoms. The Hall–Kier alpha value is -7.74. The molecule has 11 rings (SSSR count). The van der Waals surface area contributed by atoms with Gasteiger partial charge in [0.1, 0.15) is 0 Å². The molecule has 1 heteroatoms. The Balaban J connectivity index is 1.11. The summed E-state index contributed by atoms with van der Waals surface area (Å²) in [4.78, 5) is 2.50. The fourth-order valence-electron chi connectivity index (χ4n) is 9.75. The van der Waals surface area contributed by atoms with Crippen LogP contribution in [-0.4, -0.2) is 0 Å². The number of para-hydroxylation sites is 1. The van der Waals surface area contributed by atoms with E-state index in [0.717, 1.165) is 22.6 Å². The van der Waals surface area contributed by atoms with Crippen molar-refractivity contribution in [3.8, 4) is 55.6 Å². The second-order valence-electron chi connectivity index (χ2n) is 16.2. The smallest absolute Gasteiger partial charge is 0.0543 e. The zero-order valence-electron chi connectivity index (χ0n) is 34.0. The molecule has 0 saturated heterocycles. The summed E-state index contributed by atoms with van der Waals surface area (Å²) in [6.07, 6.45) is 0. The van der Waals surface area contributed by atoms with E-state index < -0.39 is 0 Å². The number of fused-ring (bicyclic) bond motifs is 4. The van der Waals surface area contributed by atoms with Crippen molar-refractivity contribution >= 4 is 27.8 Å². The third-order valence-electron chi connectivity index (χ3n) is 12.8. The Bertz CT molecular complexity index is 3190. The van der Waals surface area contributed by atoms with Gasteiger partial charge in [0.05, 0.1) is 11.4 Å². The van der Waals surface area contributed by atoms with E-state index in [4.69, 9.17) is 0 Å². The third kappa shape index (κ3) is 6.26. The molecule has 0 aliphatic heterocycles. The van der Waals surface area contributed by atoms with E-state index in [2.05, 4.69) is 254 Å². The first kappa shape index (κ1) is 36.3. The van der Waals surface area contributed by atoms with Crippen molar-refractivity contribution < 1.29 is 0 Å². The molecule has 10 aromatic rings. The highest BCUT2D eigenvalue weighted by atomic mass is 15.1. The Kier molecular flexibility index (Phi) is 9.02. The van der Waals surface area contributed by atoms with Crippen molar-refractivity contribution in [2.45, 2.75) is 12.3 Å². The zero-order valence-corrected chi connectivity index (χ0v) is 34.0. The second kappa shape index (κ2) is 15.1. The van der Waals surface area contributed by atoms with E-state index in [9.17, 15) is 0 Å². The van der Waals surface area contributed by atoms with Crippen LogP contribution in [0.2, 0.25) is 0 Å². The average Bonchev–Trinajstić information content (AvgIpc) is 3.61. The van der Waals surface area contributed by atoms with Gasteiger partial charge in [0.15, 0.2) is 0 Å². The summed E-state index contributed by atoms with van der Waals surface area (Å²) < 4.78 is 0. The van der Waals surface area contributed by atoms with Gasteiger partial charge in [0, 0.05) is 22.2 Å². The minimum atomic E-state index is -0.328. The molecule has 0 radical (unpaired) electrons. The van der Waals surface area contributed by atoms with Gasteiger partial charge in [-0.1, -0.05) is 212 Å². The number of nitrogens with zero attached hydrogens (tertiary/aromatic N) is 1. The van der Waals surface area contributed by atoms with Crippen LogP contribution >= 0.6 is 0 Å². The normalized spacial score (nSPS) is 14.0. The van der Waals surface area contributed by atoms with Gasteiger partial charge < -0.3 is 4.90 Å². The molecule has 288 valence electrons. The molecular weight excluding hydrogens is 735 g/mol. The lowest BCUT2D eigenvalue weighted by molar-refractivity contribution is 0.714. The van der Waals surface area contributed by atoms with Gasteiger partial charge in [-0.25, -0.2) is 0 Å². The van der Waals surface area contributed by atoms with Crippen LogP contribution in [0.15, 0.2) is 243 Å². The number of hydrogen-bond acceptors (Lipinski definition) is 1. The van der Waals surface area contributed by atoms with Crippen LogP contribution < -0.4 is 4.90 Å². The first-order valence-corrected chi connectivity index (χ1v) is 21.2. The van der Waals surface area contributed by atoms with Crippen LogP contribution in [-0.2, 0) is 5.41 Å². The summed E-state index contributed by atoms with van der Waals surface area (Å²) in [6.45, 7) is 2.40. The minimum Gasteiger partial charge on any atom is -0.309 e. The topological polar surface area (TPSA) is 3.24 Å². The molecule has 1 nitrogen and oxygen atoms in total. The monoisotopic (exact) mass is 777 g/mol. The molecule has 0 bridgehead atoms. The summed E-state index contributed by atoms with van der Waals surface area (Å²) in [6, 6.07) is 88.8. The van der Waals surface area contributed by atoms with E-state index in [1.807, 2.05) is 0 Å². The van der Waals surface area contributed by atoms with Crippen LogP contribution in [0.1, 0.15) is 23.6 Å². The predicted octanol–water partition coefficient (Wildman–Crippen LogP) is 16.3. The summed E-state index contributed by atoms with van der Waals surface area (Å²) in [5, 5.41) is 2.51. The molecule has 0 saturated carbocycles. The Morgan fingerprint density at radius 3 is 1.64 bits per heavy atom. The van der Waals surface area contributed by atoms with Gasteiger partial charge in [-0.2, -0.15) is 0 Å². The maximum absolute atomic E-state index is 2.50. The van der Waals surface area contributed by atoms with E-state index in [1.54, 1.807) is 0 Å². The molecule has 0 heterocycles. The lowest BCUT2D eigenvalue weighted by Gasteiger charge is -2.32. The Morgan fingerprint density at radius 2 is 0.836 bits per heavy atom. The van der Waals surface area contributed by atoms with E-state index in [0.29, 0.717) is 0 Å². The molecule has 1 atom stereocenters. The average molecular weight is 778 g/mol. The molecule has 0 amide bonds. The van der Waals surface area contributed by atoms with Crippen LogP contribution in [0.3, 0.4) is 0 Å². The van der Waals surface area contributed by atoms with Crippen molar-refractivity contribution in [1.82, 2.24) is 0 Å². The largest absolute Gasteiger partial charge is 0.309 e. The first-order valence-electron chi connectivity index (χ1n) is 21.2. The molecule has 1 unspecified atom stereocenters. The lowest BCUT2D eigenvalue weighted by atomic mass is 9.74. The van der Waals surface area contributed by atoms with Gasteiger partial charge in [-0.15, -0.1) is 0 Å². The summed E-state index contributed by atoms with van der Waals surface area (Å²) in [5.41, 5.74) is 19.0. The third-order valence-corrected chi connectivity index (χ3v) is 12.8. The molecule has 0 N–H and O–H groups in total. The molecule has 61 heavy (non-hydrogen) atoms. The highest BCUT2D eigenvalue weighted by Crippen LogP contribution is 2.57. The molecule has 1 aliphatic rings. The van der Waals surface area contributed by atoms with Crippen LogP contribution in [0.4, 0.5) is 17.1 Å². The van der Waals surface area contributed by atoms with Crippen molar-refractivity contribution in [2.24, 2.45) is 0 Å². The highest BCUT2D eigenvalue weighted by molar-refractivity contribution is 6.00. The Morgan fingerprint density at radius 1 is 0.328 bits per heavy atom. The van der Waals surface area contributed by atoms with E-state index >= 15 is 0 Å². The molecule has 0 aromatic heterocycles. The van der Waals surface area contributed by atoms with Crippen molar-refractivity contribution in [3.63, 3.8) is 0 Å². The van der Waals surface area contributed by atoms with Gasteiger partial charge in [-0.05, 0) is 109 Å². The minimum absolute atomic E-state index is 0.328. The first-order chi connectivity index (χ1) is 30.1. The number of benzene rings is 10. The number of anilines is 3. The molecular formula is C60H43N. The highest BCUT2D eigenvalue weighted by Gasteiger charge is 2.42. The second-order valence-corrected chi connectivity index (χ2v) is 16.2. The number of hydrogen-bond donors (Lipinski definition) is 0. The summed E-state index contributed by atoms with van der Waals surface area (Å²) >= 11 is 0. The summed E-state index contributed by atoms with van der Waals surface area (Å²) in [5.74, 6) is 0. The summed E-state index contributed by atoms with van der Waals surface area (Å²) in [7, 11) is 0. The van der Waals surface area contributed by atoms with Crippen molar-refractivity contribution in [3.05, 3.63) is 259 Å². The van der Waals surface area contributed by atoms with Crippen LogP contribution in [0.5, 0.6) is 0 Å². The maximum atomic E-state index is 2.50. The molecule has 10 aromatic carbocycles.